The summed E-state index contributed by atoms with van der Waals surface area (Å²) in [7, 11) is 0. The fraction of sp³-hybridized carbons (Fsp3) is 0.462. The quantitative estimate of drug-likeness (QED) is 0.802. The van der Waals surface area contributed by atoms with Crippen molar-refractivity contribution in [2.45, 2.75) is 38.1 Å². The molecule has 0 radical (unpaired) electrons. The van der Waals surface area contributed by atoms with Crippen LogP contribution in [-0.2, 0) is 11.2 Å². The highest BCUT2D eigenvalue weighted by Crippen LogP contribution is 2.27. The van der Waals surface area contributed by atoms with Crippen molar-refractivity contribution >= 4 is 5.91 Å². The van der Waals surface area contributed by atoms with Crippen molar-refractivity contribution < 1.29 is 4.79 Å². The third kappa shape index (κ3) is 2.20. The molecule has 1 heterocycles. The Bertz CT molecular complexity index is 347. The van der Waals surface area contributed by atoms with Gasteiger partial charge in [-0.15, -0.1) is 0 Å². The number of amides is 1. The van der Waals surface area contributed by atoms with Crippen LogP contribution >= 0.6 is 0 Å². The van der Waals surface area contributed by atoms with Gasteiger partial charge in [0.15, 0.2) is 0 Å². The van der Waals surface area contributed by atoms with E-state index in [-0.39, 0.29) is 11.4 Å². The minimum atomic E-state index is 0.0123. The van der Waals surface area contributed by atoms with E-state index in [1.54, 1.807) is 0 Å². The van der Waals surface area contributed by atoms with Gasteiger partial charge >= 0.3 is 0 Å². The standard InChI is InChI=1S/C13H17NO/c1-2-13(9-8-12(15)14-13)10-11-6-4-3-5-7-11/h3-7H,2,8-10H2,1H3,(H,14,15). The van der Waals surface area contributed by atoms with E-state index in [9.17, 15) is 4.79 Å². The molecule has 1 fully saturated rings. The molecule has 1 aromatic carbocycles. The Labute approximate surface area is 90.7 Å². The molecule has 2 heteroatoms. The molecule has 1 aliphatic rings. The molecule has 0 spiro atoms. The lowest BCUT2D eigenvalue weighted by molar-refractivity contribution is -0.119. The van der Waals surface area contributed by atoms with E-state index in [1.807, 2.05) is 6.07 Å². The fourth-order valence-electron chi connectivity index (χ4n) is 2.28. The Morgan fingerprint density at radius 2 is 2.07 bits per heavy atom. The van der Waals surface area contributed by atoms with Crippen LogP contribution in [0.3, 0.4) is 0 Å². The Balaban J connectivity index is 2.12. The molecule has 0 saturated carbocycles. The number of rotatable bonds is 3. The highest BCUT2D eigenvalue weighted by molar-refractivity contribution is 5.79. The maximum atomic E-state index is 11.3. The molecule has 1 saturated heterocycles. The van der Waals surface area contributed by atoms with Crippen molar-refractivity contribution in [3.05, 3.63) is 35.9 Å². The van der Waals surface area contributed by atoms with E-state index < -0.39 is 0 Å². The summed E-state index contributed by atoms with van der Waals surface area (Å²) in [6.45, 7) is 2.15. The van der Waals surface area contributed by atoms with Crippen molar-refractivity contribution in [1.82, 2.24) is 5.32 Å². The minimum Gasteiger partial charge on any atom is -0.350 e. The first-order chi connectivity index (χ1) is 7.24. The van der Waals surface area contributed by atoms with E-state index in [0.29, 0.717) is 6.42 Å². The molecule has 0 aromatic heterocycles. The molecule has 0 bridgehead atoms. The summed E-state index contributed by atoms with van der Waals surface area (Å²) in [5, 5.41) is 3.13. The smallest absolute Gasteiger partial charge is 0.220 e. The summed E-state index contributed by atoms with van der Waals surface area (Å²) in [6.07, 6.45) is 3.61. The molecule has 1 atom stereocenters. The topological polar surface area (TPSA) is 29.1 Å². The fourth-order valence-corrected chi connectivity index (χ4v) is 2.28. The SMILES string of the molecule is CCC1(Cc2ccccc2)CCC(=O)N1. The van der Waals surface area contributed by atoms with Crippen LogP contribution in [0, 0.1) is 0 Å². The Hall–Kier alpha value is -1.31. The zero-order valence-electron chi connectivity index (χ0n) is 9.12. The summed E-state index contributed by atoms with van der Waals surface area (Å²) in [5.74, 6) is 0.202. The molecule has 1 amide bonds. The molecule has 1 N–H and O–H groups in total. The molecular formula is C13H17NO. The molecular weight excluding hydrogens is 186 g/mol. The summed E-state index contributed by atoms with van der Waals surface area (Å²) < 4.78 is 0. The van der Waals surface area contributed by atoms with E-state index in [2.05, 4.69) is 36.5 Å². The lowest BCUT2D eigenvalue weighted by Gasteiger charge is -2.27. The van der Waals surface area contributed by atoms with Gasteiger partial charge in [-0.2, -0.15) is 0 Å². The zero-order chi connectivity index (χ0) is 10.7. The van der Waals surface area contributed by atoms with Crippen LogP contribution in [0.2, 0.25) is 0 Å². The van der Waals surface area contributed by atoms with Gasteiger partial charge in [0.25, 0.3) is 0 Å². The predicted octanol–water partition coefficient (Wildman–Crippen LogP) is 2.29. The molecule has 0 aliphatic carbocycles. The van der Waals surface area contributed by atoms with Crippen LogP contribution < -0.4 is 5.32 Å². The minimum absolute atomic E-state index is 0.0123. The monoisotopic (exact) mass is 203 g/mol. The highest BCUT2D eigenvalue weighted by atomic mass is 16.2. The average molecular weight is 203 g/mol. The van der Waals surface area contributed by atoms with Gasteiger partial charge < -0.3 is 5.32 Å². The molecule has 2 nitrogen and oxygen atoms in total. The number of hydrogen-bond acceptors (Lipinski definition) is 1. The summed E-state index contributed by atoms with van der Waals surface area (Å²) in [4.78, 5) is 11.3. The maximum absolute atomic E-state index is 11.3. The largest absolute Gasteiger partial charge is 0.350 e. The van der Waals surface area contributed by atoms with E-state index in [1.165, 1.54) is 5.56 Å². The van der Waals surface area contributed by atoms with E-state index in [4.69, 9.17) is 0 Å². The van der Waals surface area contributed by atoms with Crippen molar-refractivity contribution in [3.63, 3.8) is 0 Å². The Kier molecular flexibility index (Phi) is 2.76. The van der Waals surface area contributed by atoms with Gasteiger partial charge in [-0.1, -0.05) is 37.3 Å². The number of nitrogens with one attached hydrogen (secondary N) is 1. The normalized spacial score (nSPS) is 25.3. The van der Waals surface area contributed by atoms with Crippen LogP contribution in [0.5, 0.6) is 0 Å². The van der Waals surface area contributed by atoms with Gasteiger partial charge in [0.1, 0.15) is 0 Å². The van der Waals surface area contributed by atoms with E-state index >= 15 is 0 Å². The zero-order valence-corrected chi connectivity index (χ0v) is 9.12. The number of carbonyl (C=O) groups excluding carboxylic acids is 1. The van der Waals surface area contributed by atoms with Crippen molar-refractivity contribution in [2.24, 2.45) is 0 Å². The van der Waals surface area contributed by atoms with Crippen LogP contribution in [0.1, 0.15) is 31.7 Å². The molecule has 80 valence electrons. The van der Waals surface area contributed by atoms with E-state index in [0.717, 1.165) is 19.3 Å². The number of carbonyl (C=O) groups is 1. The lowest BCUT2D eigenvalue weighted by Crippen LogP contribution is -2.42. The second-order valence-corrected chi connectivity index (χ2v) is 4.34. The summed E-state index contributed by atoms with van der Waals surface area (Å²) in [6, 6.07) is 10.4. The summed E-state index contributed by atoms with van der Waals surface area (Å²) >= 11 is 0. The van der Waals surface area contributed by atoms with Crippen LogP contribution in [0.25, 0.3) is 0 Å². The average Bonchev–Trinajstić information content (AvgIpc) is 2.62. The molecule has 2 rings (SSSR count). The maximum Gasteiger partial charge on any atom is 0.220 e. The van der Waals surface area contributed by atoms with Crippen molar-refractivity contribution in [2.75, 3.05) is 0 Å². The Morgan fingerprint density at radius 1 is 1.33 bits per heavy atom. The van der Waals surface area contributed by atoms with Crippen LogP contribution in [0.4, 0.5) is 0 Å². The first-order valence-corrected chi connectivity index (χ1v) is 5.59. The number of hydrogen-bond donors (Lipinski definition) is 1. The van der Waals surface area contributed by atoms with Gasteiger partial charge in [0, 0.05) is 12.0 Å². The predicted molar refractivity (Wildman–Crippen MR) is 60.5 cm³/mol. The molecule has 15 heavy (non-hydrogen) atoms. The van der Waals surface area contributed by atoms with Crippen molar-refractivity contribution in [1.29, 1.82) is 0 Å². The van der Waals surface area contributed by atoms with Gasteiger partial charge in [0.05, 0.1) is 0 Å². The van der Waals surface area contributed by atoms with Crippen LogP contribution in [0.15, 0.2) is 30.3 Å². The Morgan fingerprint density at radius 3 is 2.60 bits per heavy atom. The van der Waals surface area contributed by atoms with Crippen molar-refractivity contribution in [3.8, 4) is 0 Å². The van der Waals surface area contributed by atoms with Crippen LogP contribution in [-0.4, -0.2) is 11.4 Å². The second kappa shape index (κ2) is 4.05. The first-order valence-electron chi connectivity index (χ1n) is 5.59. The molecule has 1 aromatic rings. The number of benzene rings is 1. The molecule has 1 unspecified atom stereocenters. The van der Waals surface area contributed by atoms with Gasteiger partial charge in [-0.3, -0.25) is 4.79 Å². The third-order valence-electron chi connectivity index (χ3n) is 3.30. The lowest BCUT2D eigenvalue weighted by atomic mass is 9.87. The van der Waals surface area contributed by atoms with Gasteiger partial charge in [-0.25, -0.2) is 0 Å². The first kappa shape index (κ1) is 10.2. The second-order valence-electron chi connectivity index (χ2n) is 4.34. The highest BCUT2D eigenvalue weighted by Gasteiger charge is 2.35. The van der Waals surface area contributed by atoms with Gasteiger partial charge in [-0.05, 0) is 24.8 Å². The molecule has 1 aliphatic heterocycles. The third-order valence-corrected chi connectivity index (χ3v) is 3.30. The van der Waals surface area contributed by atoms with Gasteiger partial charge in [0.2, 0.25) is 5.91 Å². The summed E-state index contributed by atoms with van der Waals surface area (Å²) in [5.41, 5.74) is 1.32.